The van der Waals surface area contributed by atoms with E-state index in [2.05, 4.69) is 24.1 Å². The van der Waals surface area contributed by atoms with Crippen LogP contribution in [0.1, 0.15) is 39.5 Å². The highest BCUT2D eigenvalue weighted by Gasteiger charge is 2.38. The summed E-state index contributed by atoms with van der Waals surface area (Å²) in [6.45, 7) is 7.20. The smallest absolute Gasteiger partial charge is 0.307 e. The fraction of sp³-hybridized carbons (Fsp3) is 0.929. The van der Waals surface area contributed by atoms with Gasteiger partial charge in [-0.3, -0.25) is 9.69 Å². The highest BCUT2D eigenvalue weighted by molar-refractivity contribution is 5.70. The molecule has 18 heavy (non-hydrogen) atoms. The van der Waals surface area contributed by atoms with E-state index in [1.165, 1.54) is 12.8 Å². The standard InChI is InChI=1S/C14H26N2O2/c1-3-4-15-12-7-11(14(17)18)8-16(9-12)13-5-10(2)6-13/h10-13,15H,3-9H2,1-2H3,(H,17,18). The summed E-state index contributed by atoms with van der Waals surface area (Å²) >= 11 is 0. The van der Waals surface area contributed by atoms with Gasteiger partial charge in [0, 0.05) is 25.2 Å². The Bertz CT molecular complexity index is 290. The van der Waals surface area contributed by atoms with Crippen LogP contribution in [0.4, 0.5) is 0 Å². The highest BCUT2D eigenvalue weighted by Crippen LogP contribution is 2.33. The average molecular weight is 254 g/mol. The van der Waals surface area contributed by atoms with E-state index in [1.807, 2.05) is 0 Å². The van der Waals surface area contributed by atoms with Crippen LogP contribution in [0.25, 0.3) is 0 Å². The van der Waals surface area contributed by atoms with Gasteiger partial charge in [-0.05, 0) is 38.1 Å². The first-order chi connectivity index (χ1) is 8.60. The molecule has 0 aromatic heterocycles. The summed E-state index contributed by atoms with van der Waals surface area (Å²) in [4.78, 5) is 13.7. The minimum Gasteiger partial charge on any atom is -0.481 e. The van der Waals surface area contributed by atoms with E-state index in [4.69, 9.17) is 0 Å². The molecule has 0 radical (unpaired) electrons. The second kappa shape index (κ2) is 6.02. The fourth-order valence-electron chi connectivity index (χ4n) is 3.26. The molecule has 104 valence electrons. The first-order valence-corrected chi connectivity index (χ1v) is 7.30. The van der Waals surface area contributed by atoms with Crippen molar-refractivity contribution >= 4 is 5.97 Å². The summed E-state index contributed by atoms with van der Waals surface area (Å²) in [6.07, 6.45) is 4.38. The van der Waals surface area contributed by atoms with Crippen molar-refractivity contribution < 1.29 is 9.90 Å². The van der Waals surface area contributed by atoms with Gasteiger partial charge < -0.3 is 10.4 Å². The van der Waals surface area contributed by atoms with Crippen LogP contribution in [0.2, 0.25) is 0 Å². The van der Waals surface area contributed by atoms with Gasteiger partial charge in [0.25, 0.3) is 0 Å². The number of hydrogen-bond donors (Lipinski definition) is 2. The van der Waals surface area contributed by atoms with E-state index < -0.39 is 5.97 Å². The number of carbonyl (C=O) groups is 1. The number of carboxylic acids is 1. The molecule has 2 fully saturated rings. The molecule has 1 saturated heterocycles. The lowest BCUT2D eigenvalue weighted by molar-refractivity contribution is -0.144. The Labute approximate surface area is 110 Å². The molecule has 2 rings (SSSR count). The van der Waals surface area contributed by atoms with Crippen molar-refractivity contribution in [2.45, 2.75) is 51.6 Å². The van der Waals surface area contributed by atoms with Crippen LogP contribution in [-0.2, 0) is 4.79 Å². The molecule has 4 heteroatoms. The van der Waals surface area contributed by atoms with Crippen molar-refractivity contribution in [2.24, 2.45) is 11.8 Å². The largest absolute Gasteiger partial charge is 0.481 e. The van der Waals surface area contributed by atoms with E-state index in [0.29, 0.717) is 12.1 Å². The van der Waals surface area contributed by atoms with Gasteiger partial charge in [0.15, 0.2) is 0 Å². The van der Waals surface area contributed by atoms with Crippen molar-refractivity contribution in [1.29, 1.82) is 0 Å². The van der Waals surface area contributed by atoms with Gasteiger partial charge in [-0.15, -0.1) is 0 Å². The number of nitrogens with one attached hydrogen (secondary N) is 1. The SMILES string of the molecule is CCCNC1CC(C(=O)O)CN(C2CC(C)C2)C1. The lowest BCUT2D eigenvalue weighted by Crippen LogP contribution is -2.56. The minimum absolute atomic E-state index is 0.191. The van der Waals surface area contributed by atoms with Crippen molar-refractivity contribution in [3.8, 4) is 0 Å². The van der Waals surface area contributed by atoms with Gasteiger partial charge in [-0.2, -0.15) is 0 Å². The van der Waals surface area contributed by atoms with Gasteiger partial charge in [0.1, 0.15) is 0 Å². The molecule has 0 bridgehead atoms. The third kappa shape index (κ3) is 3.23. The molecule has 1 saturated carbocycles. The molecule has 1 heterocycles. The third-order valence-electron chi connectivity index (χ3n) is 4.38. The molecule has 1 aliphatic heterocycles. The van der Waals surface area contributed by atoms with Crippen LogP contribution in [-0.4, -0.2) is 47.7 Å². The maximum absolute atomic E-state index is 11.3. The van der Waals surface area contributed by atoms with Gasteiger partial charge in [0.05, 0.1) is 5.92 Å². The van der Waals surface area contributed by atoms with Crippen LogP contribution in [0.3, 0.4) is 0 Å². The molecular weight excluding hydrogens is 228 g/mol. The third-order valence-corrected chi connectivity index (χ3v) is 4.38. The second-order valence-corrected chi connectivity index (χ2v) is 6.11. The first-order valence-electron chi connectivity index (χ1n) is 7.30. The van der Waals surface area contributed by atoms with E-state index in [1.54, 1.807) is 0 Å². The van der Waals surface area contributed by atoms with Crippen LogP contribution in [0, 0.1) is 11.8 Å². The molecule has 2 unspecified atom stereocenters. The van der Waals surface area contributed by atoms with Gasteiger partial charge in [-0.1, -0.05) is 13.8 Å². The Balaban J connectivity index is 1.91. The first kappa shape index (κ1) is 13.8. The summed E-state index contributed by atoms with van der Waals surface area (Å²) in [5.74, 6) is 0.00152. The van der Waals surface area contributed by atoms with Crippen LogP contribution < -0.4 is 5.32 Å². The number of carboxylic acid groups (broad SMARTS) is 1. The van der Waals surface area contributed by atoms with Crippen LogP contribution in [0.15, 0.2) is 0 Å². The summed E-state index contributed by atoms with van der Waals surface area (Å²) in [5.41, 5.74) is 0. The normalized spacial score (nSPS) is 37.2. The minimum atomic E-state index is -0.629. The monoisotopic (exact) mass is 254 g/mol. The molecule has 1 aliphatic carbocycles. The number of nitrogens with zero attached hydrogens (tertiary/aromatic N) is 1. The Morgan fingerprint density at radius 3 is 2.61 bits per heavy atom. The number of piperidine rings is 1. The number of aliphatic carboxylic acids is 1. The Hall–Kier alpha value is -0.610. The van der Waals surface area contributed by atoms with Crippen molar-refractivity contribution in [2.75, 3.05) is 19.6 Å². The fourth-order valence-corrected chi connectivity index (χ4v) is 3.26. The quantitative estimate of drug-likeness (QED) is 0.782. The predicted molar refractivity (Wildman–Crippen MR) is 71.6 cm³/mol. The lowest BCUT2D eigenvalue weighted by atomic mass is 9.79. The number of rotatable bonds is 5. The maximum Gasteiger partial charge on any atom is 0.307 e. The van der Waals surface area contributed by atoms with Crippen molar-refractivity contribution in [1.82, 2.24) is 10.2 Å². The zero-order chi connectivity index (χ0) is 13.1. The Morgan fingerprint density at radius 1 is 1.33 bits per heavy atom. The van der Waals surface area contributed by atoms with Gasteiger partial charge in [-0.25, -0.2) is 0 Å². The molecule has 4 nitrogen and oxygen atoms in total. The topological polar surface area (TPSA) is 52.6 Å². The van der Waals surface area contributed by atoms with E-state index >= 15 is 0 Å². The van der Waals surface area contributed by atoms with E-state index in [0.717, 1.165) is 38.4 Å². The predicted octanol–water partition coefficient (Wildman–Crippen LogP) is 1.56. The second-order valence-electron chi connectivity index (χ2n) is 6.11. The molecule has 0 amide bonds. The van der Waals surface area contributed by atoms with E-state index in [-0.39, 0.29) is 5.92 Å². The molecule has 2 N–H and O–H groups in total. The van der Waals surface area contributed by atoms with Crippen molar-refractivity contribution in [3.63, 3.8) is 0 Å². The number of likely N-dealkylation sites (tertiary alicyclic amines) is 1. The Morgan fingerprint density at radius 2 is 2.06 bits per heavy atom. The molecule has 2 aliphatic rings. The molecule has 0 aromatic rings. The summed E-state index contributed by atoms with van der Waals surface area (Å²) in [5, 5.41) is 12.8. The average Bonchev–Trinajstić information content (AvgIpc) is 2.32. The maximum atomic E-state index is 11.3. The van der Waals surface area contributed by atoms with Gasteiger partial charge in [0.2, 0.25) is 0 Å². The molecule has 2 atom stereocenters. The molecular formula is C14H26N2O2. The van der Waals surface area contributed by atoms with Crippen molar-refractivity contribution in [3.05, 3.63) is 0 Å². The van der Waals surface area contributed by atoms with Crippen LogP contribution in [0.5, 0.6) is 0 Å². The summed E-state index contributed by atoms with van der Waals surface area (Å²) in [7, 11) is 0. The summed E-state index contributed by atoms with van der Waals surface area (Å²) < 4.78 is 0. The zero-order valence-corrected chi connectivity index (χ0v) is 11.6. The molecule has 0 spiro atoms. The Kier molecular flexibility index (Phi) is 4.62. The van der Waals surface area contributed by atoms with Crippen LogP contribution >= 0.6 is 0 Å². The number of hydrogen-bond acceptors (Lipinski definition) is 3. The summed E-state index contributed by atoms with van der Waals surface area (Å²) in [6, 6.07) is 0.990. The lowest BCUT2D eigenvalue weighted by Gasteiger charge is -2.47. The highest BCUT2D eigenvalue weighted by atomic mass is 16.4. The molecule has 0 aromatic carbocycles. The zero-order valence-electron chi connectivity index (χ0n) is 11.6. The van der Waals surface area contributed by atoms with E-state index in [9.17, 15) is 9.90 Å². The van der Waals surface area contributed by atoms with Gasteiger partial charge >= 0.3 is 5.97 Å².